The predicted molar refractivity (Wildman–Crippen MR) is 44.3 cm³/mol. The Morgan fingerprint density at radius 2 is 2.33 bits per heavy atom. The highest BCUT2D eigenvalue weighted by Crippen LogP contribution is 2.11. The fourth-order valence-corrected chi connectivity index (χ4v) is 0.850. The van der Waals surface area contributed by atoms with Crippen molar-refractivity contribution in [2.75, 3.05) is 6.61 Å². The maximum Gasteiger partial charge on any atom is 0.341 e. The van der Waals surface area contributed by atoms with Gasteiger partial charge in [0.15, 0.2) is 6.61 Å². The first kappa shape index (κ1) is 8.59. The minimum atomic E-state index is -0.962. The molecule has 3 heteroatoms. The summed E-state index contributed by atoms with van der Waals surface area (Å²) < 4.78 is 4.95. The number of aryl methyl sites for hydroxylation is 1. The van der Waals surface area contributed by atoms with Crippen LogP contribution >= 0.6 is 0 Å². The fourth-order valence-electron chi connectivity index (χ4n) is 0.850. The van der Waals surface area contributed by atoms with E-state index < -0.39 is 5.97 Å². The summed E-state index contributed by atoms with van der Waals surface area (Å²) in [4.78, 5) is 10.1. The van der Waals surface area contributed by atoms with Gasteiger partial charge in [-0.3, -0.25) is 0 Å². The van der Waals surface area contributed by atoms with Crippen molar-refractivity contribution in [1.82, 2.24) is 0 Å². The van der Waals surface area contributed by atoms with E-state index in [9.17, 15) is 4.79 Å². The zero-order chi connectivity index (χ0) is 8.97. The second-order valence-corrected chi connectivity index (χ2v) is 2.50. The molecule has 0 spiro atoms. The van der Waals surface area contributed by atoms with Gasteiger partial charge in [0, 0.05) is 0 Å². The van der Waals surface area contributed by atoms with Gasteiger partial charge in [0.2, 0.25) is 0 Å². The van der Waals surface area contributed by atoms with Crippen LogP contribution in [-0.2, 0) is 4.79 Å². The van der Waals surface area contributed by atoms with Gasteiger partial charge in [-0.1, -0.05) is 12.1 Å². The summed E-state index contributed by atoms with van der Waals surface area (Å²) in [5.74, 6) is -0.367. The molecule has 0 aliphatic rings. The molecule has 64 valence electrons. The van der Waals surface area contributed by atoms with Crippen molar-refractivity contribution in [1.29, 1.82) is 0 Å². The number of ether oxygens (including phenoxy) is 1. The Morgan fingerprint density at radius 3 is 2.92 bits per heavy atom. The molecule has 1 aromatic carbocycles. The van der Waals surface area contributed by atoms with E-state index in [0.717, 1.165) is 5.56 Å². The number of rotatable bonds is 3. The van der Waals surface area contributed by atoms with Crippen LogP contribution in [0, 0.1) is 6.92 Å². The lowest BCUT2D eigenvalue weighted by molar-refractivity contribution is -0.139. The molecule has 0 saturated heterocycles. The monoisotopic (exact) mass is 166 g/mol. The van der Waals surface area contributed by atoms with Crippen molar-refractivity contribution in [3.63, 3.8) is 0 Å². The van der Waals surface area contributed by atoms with E-state index in [1.165, 1.54) is 0 Å². The maximum absolute atomic E-state index is 10.1. The molecule has 0 unspecified atom stereocenters. The third kappa shape index (κ3) is 2.62. The van der Waals surface area contributed by atoms with Crippen LogP contribution in [0.3, 0.4) is 0 Å². The van der Waals surface area contributed by atoms with Crippen molar-refractivity contribution < 1.29 is 14.6 Å². The molecule has 0 aromatic heterocycles. The molecule has 1 rings (SSSR count). The minimum Gasteiger partial charge on any atom is -0.482 e. The highest BCUT2D eigenvalue weighted by Gasteiger charge is 1.97. The van der Waals surface area contributed by atoms with Gasteiger partial charge in [-0.2, -0.15) is 0 Å². The highest BCUT2D eigenvalue weighted by atomic mass is 16.5. The molecule has 0 fully saturated rings. The number of carbonyl (C=O) groups is 1. The topological polar surface area (TPSA) is 46.5 Å². The number of hydrogen-bond acceptors (Lipinski definition) is 2. The Bertz CT molecular complexity index is 281. The van der Waals surface area contributed by atoms with Gasteiger partial charge < -0.3 is 9.84 Å². The molecule has 0 aliphatic carbocycles. The molecular formula is C9H10O3. The lowest BCUT2D eigenvalue weighted by Gasteiger charge is -2.02. The van der Waals surface area contributed by atoms with E-state index in [0.29, 0.717) is 5.75 Å². The lowest BCUT2D eigenvalue weighted by Crippen LogP contribution is -2.09. The summed E-state index contributed by atoms with van der Waals surface area (Å²) in [6.45, 7) is 1.64. The van der Waals surface area contributed by atoms with E-state index in [-0.39, 0.29) is 6.61 Å². The van der Waals surface area contributed by atoms with Crippen LogP contribution in [0.15, 0.2) is 24.3 Å². The van der Waals surface area contributed by atoms with Crippen LogP contribution in [-0.4, -0.2) is 17.7 Å². The number of hydrogen-bond donors (Lipinski definition) is 1. The summed E-state index contributed by atoms with van der Waals surface area (Å²) in [5.41, 5.74) is 1.05. The van der Waals surface area contributed by atoms with Gasteiger partial charge in [-0.25, -0.2) is 4.79 Å². The van der Waals surface area contributed by atoms with Crippen LogP contribution in [0.25, 0.3) is 0 Å². The van der Waals surface area contributed by atoms with Gasteiger partial charge in [0.05, 0.1) is 0 Å². The molecule has 0 saturated carbocycles. The first-order valence-corrected chi connectivity index (χ1v) is 3.60. The number of aliphatic carboxylic acids is 1. The summed E-state index contributed by atoms with van der Waals surface area (Å²) in [6.07, 6.45) is 0. The van der Waals surface area contributed by atoms with Crippen molar-refractivity contribution in [2.24, 2.45) is 0 Å². The molecule has 1 N–H and O–H groups in total. The van der Waals surface area contributed by atoms with Gasteiger partial charge >= 0.3 is 5.97 Å². The molecule has 12 heavy (non-hydrogen) atoms. The molecule has 0 atom stereocenters. The van der Waals surface area contributed by atoms with Crippen molar-refractivity contribution in [3.8, 4) is 5.75 Å². The Morgan fingerprint density at radius 1 is 1.58 bits per heavy atom. The molecular weight excluding hydrogens is 156 g/mol. The van der Waals surface area contributed by atoms with E-state index in [1.54, 1.807) is 12.1 Å². The third-order valence-electron chi connectivity index (χ3n) is 1.35. The summed E-state index contributed by atoms with van der Waals surface area (Å²) >= 11 is 0. The Kier molecular flexibility index (Phi) is 2.69. The predicted octanol–water partition coefficient (Wildman–Crippen LogP) is 1.46. The molecule has 0 aliphatic heterocycles. The lowest BCUT2D eigenvalue weighted by atomic mass is 10.2. The smallest absolute Gasteiger partial charge is 0.341 e. The Hall–Kier alpha value is -1.51. The number of carboxylic acid groups (broad SMARTS) is 1. The molecule has 0 amide bonds. The normalized spacial score (nSPS) is 9.42. The summed E-state index contributed by atoms with van der Waals surface area (Å²) in [7, 11) is 0. The molecule has 3 nitrogen and oxygen atoms in total. The van der Waals surface area contributed by atoms with Crippen molar-refractivity contribution in [3.05, 3.63) is 29.8 Å². The number of carboxylic acids is 1. The largest absolute Gasteiger partial charge is 0.482 e. The molecule has 0 bridgehead atoms. The first-order chi connectivity index (χ1) is 5.68. The SMILES string of the molecule is Cc1cccc(OCC(=O)O)c1. The molecule has 1 aromatic rings. The van der Waals surface area contributed by atoms with Crippen LogP contribution in [0.2, 0.25) is 0 Å². The van der Waals surface area contributed by atoms with Crippen LogP contribution in [0.4, 0.5) is 0 Å². The Balaban J connectivity index is 2.57. The van der Waals surface area contributed by atoms with E-state index >= 15 is 0 Å². The van der Waals surface area contributed by atoms with Crippen LogP contribution in [0.1, 0.15) is 5.56 Å². The van der Waals surface area contributed by atoms with Crippen LogP contribution < -0.4 is 4.74 Å². The van der Waals surface area contributed by atoms with Gasteiger partial charge in [-0.05, 0) is 24.6 Å². The summed E-state index contributed by atoms with van der Waals surface area (Å²) in [6, 6.07) is 7.28. The quantitative estimate of drug-likeness (QED) is 0.739. The first-order valence-electron chi connectivity index (χ1n) is 3.60. The second-order valence-electron chi connectivity index (χ2n) is 2.50. The van der Waals surface area contributed by atoms with E-state index in [1.807, 2.05) is 19.1 Å². The Labute approximate surface area is 70.6 Å². The van der Waals surface area contributed by atoms with Gasteiger partial charge in [0.25, 0.3) is 0 Å². The maximum atomic E-state index is 10.1. The van der Waals surface area contributed by atoms with E-state index in [2.05, 4.69) is 0 Å². The number of benzene rings is 1. The molecule has 0 heterocycles. The third-order valence-corrected chi connectivity index (χ3v) is 1.35. The van der Waals surface area contributed by atoms with Gasteiger partial charge in [-0.15, -0.1) is 0 Å². The second kappa shape index (κ2) is 3.76. The van der Waals surface area contributed by atoms with E-state index in [4.69, 9.17) is 9.84 Å². The van der Waals surface area contributed by atoms with Crippen LogP contribution in [0.5, 0.6) is 5.75 Å². The zero-order valence-electron chi connectivity index (χ0n) is 6.78. The fraction of sp³-hybridized carbons (Fsp3) is 0.222. The summed E-state index contributed by atoms with van der Waals surface area (Å²) in [5, 5.41) is 8.32. The average Bonchev–Trinajstić information content (AvgIpc) is 2.01. The minimum absolute atomic E-state index is 0.288. The zero-order valence-corrected chi connectivity index (χ0v) is 6.78. The van der Waals surface area contributed by atoms with Crippen molar-refractivity contribution in [2.45, 2.75) is 6.92 Å². The molecule has 0 radical (unpaired) electrons. The standard InChI is InChI=1S/C9H10O3/c1-7-3-2-4-8(5-7)12-6-9(10)11/h2-5H,6H2,1H3,(H,10,11). The van der Waals surface area contributed by atoms with Gasteiger partial charge in [0.1, 0.15) is 5.75 Å². The highest BCUT2D eigenvalue weighted by molar-refractivity contribution is 5.68. The van der Waals surface area contributed by atoms with Crippen molar-refractivity contribution >= 4 is 5.97 Å². The average molecular weight is 166 g/mol.